The molecule has 0 aromatic heterocycles. The maximum Gasteiger partial charge on any atom is 0.0110 e. The summed E-state index contributed by atoms with van der Waals surface area (Å²) in [5.74, 6) is 0. The van der Waals surface area contributed by atoms with E-state index in [4.69, 9.17) is 0 Å². The first-order valence-corrected chi connectivity index (χ1v) is 25.5. The zero-order valence-electron chi connectivity index (χ0n) is 37.3. The summed E-state index contributed by atoms with van der Waals surface area (Å²) in [7, 11) is 0. The van der Waals surface area contributed by atoms with Crippen LogP contribution in [0.3, 0.4) is 0 Å². The quantitative estimate of drug-likeness (QED) is 0.0626. The molecule has 0 bridgehead atoms. The third-order valence-electron chi connectivity index (χ3n) is 12.6. The molecule has 1 rings (SSSR count). The van der Waals surface area contributed by atoms with Gasteiger partial charge in [0.2, 0.25) is 0 Å². The van der Waals surface area contributed by atoms with Crippen molar-refractivity contribution in [3.63, 3.8) is 0 Å². The van der Waals surface area contributed by atoms with E-state index in [0.29, 0.717) is 0 Å². The summed E-state index contributed by atoms with van der Waals surface area (Å²) in [6.07, 6.45) is 58.6. The van der Waals surface area contributed by atoms with Crippen molar-refractivity contribution in [1.82, 2.24) is 15.1 Å². The summed E-state index contributed by atoms with van der Waals surface area (Å²) < 4.78 is 0. The number of hydrogen-bond acceptors (Lipinski definition) is 3. The predicted octanol–water partition coefficient (Wildman–Crippen LogP) is 15.8. The number of nitrogens with zero attached hydrogens (tertiary/aromatic N) is 2. The molecule has 1 heterocycles. The molecule has 1 N–H and O–H groups in total. The summed E-state index contributed by atoms with van der Waals surface area (Å²) in [5, 5.41) is 3.74. The highest BCUT2D eigenvalue weighted by atomic mass is 15.3. The maximum atomic E-state index is 3.74. The fourth-order valence-corrected chi connectivity index (χ4v) is 8.69. The Morgan fingerprint density at radius 1 is 0.245 bits per heavy atom. The van der Waals surface area contributed by atoms with Crippen molar-refractivity contribution in [2.45, 2.75) is 271 Å². The van der Waals surface area contributed by atoms with E-state index in [1.54, 1.807) is 0 Å². The molecule has 0 radical (unpaired) electrons. The van der Waals surface area contributed by atoms with Crippen LogP contribution in [0.5, 0.6) is 0 Å². The minimum atomic E-state index is 1.18. The van der Waals surface area contributed by atoms with E-state index in [1.807, 2.05) is 0 Å². The van der Waals surface area contributed by atoms with Crippen molar-refractivity contribution in [1.29, 1.82) is 0 Å². The molecule has 53 heavy (non-hydrogen) atoms. The Bertz CT molecular complexity index is 642. The number of unbranched alkanes of at least 4 members (excludes halogenated alkanes) is 38. The van der Waals surface area contributed by atoms with Gasteiger partial charge in [-0.3, -0.25) is 4.90 Å². The molecule has 0 aromatic carbocycles. The van der Waals surface area contributed by atoms with Gasteiger partial charge in [0.1, 0.15) is 0 Å². The third-order valence-corrected chi connectivity index (χ3v) is 12.6. The second kappa shape index (κ2) is 44.6. The zero-order valence-corrected chi connectivity index (χ0v) is 37.3. The monoisotopic (exact) mass is 746 g/mol. The third kappa shape index (κ3) is 39.9. The SMILES string of the molecule is CCCCCCCCCCCCCCCCCCCCCCNCCN1CCN(CCCCCCCCCCCCCCCCCCCCCC)CC1. The number of rotatable bonds is 45. The Labute approximate surface area is 337 Å². The van der Waals surface area contributed by atoms with Gasteiger partial charge in [0.15, 0.2) is 0 Å². The van der Waals surface area contributed by atoms with E-state index in [1.165, 1.54) is 309 Å². The average Bonchev–Trinajstić information content (AvgIpc) is 3.18. The maximum absolute atomic E-state index is 3.74. The van der Waals surface area contributed by atoms with Gasteiger partial charge < -0.3 is 10.2 Å². The lowest BCUT2D eigenvalue weighted by atomic mass is 10.0. The van der Waals surface area contributed by atoms with E-state index in [-0.39, 0.29) is 0 Å². The van der Waals surface area contributed by atoms with E-state index in [2.05, 4.69) is 29.0 Å². The number of piperazine rings is 1. The zero-order chi connectivity index (χ0) is 37.8. The van der Waals surface area contributed by atoms with E-state index in [9.17, 15) is 0 Å². The van der Waals surface area contributed by atoms with Gasteiger partial charge in [-0.1, -0.05) is 258 Å². The van der Waals surface area contributed by atoms with Gasteiger partial charge in [-0.25, -0.2) is 0 Å². The van der Waals surface area contributed by atoms with Gasteiger partial charge in [0.05, 0.1) is 0 Å². The summed E-state index contributed by atoms with van der Waals surface area (Å²) in [5.41, 5.74) is 0. The van der Waals surface area contributed by atoms with Crippen molar-refractivity contribution in [2.24, 2.45) is 0 Å². The minimum Gasteiger partial charge on any atom is -0.315 e. The van der Waals surface area contributed by atoms with Gasteiger partial charge >= 0.3 is 0 Å². The Hall–Kier alpha value is -0.120. The number of nitrogens with one attached hydrogen (secondary N) is 1. The van der Waals surface area contributed by atoms with Crippen LogP contribution in [0.2, 0.25) is 0 Å². The average molecular weight is 746 g/mol. The lowest BCUT2D eigenvalue weighted by Crippen LogP contribution is -2.48. The Morgan fingerprint density at radius 2 is 0.472 bits per heavy atom. The lowest BCUT2D eigenvalue weighted by molar-refractivity contribution is 0.131. The van der Waals surface area contributed by atoms with E-state index < -0.39 is 0 Å². The van der Waals surface area contributed by atoms with Crippen molar-refractivity contribution in [3.8, 4) is 0 Å². The molecule has 1 aliphatic rings. The molecule has 318 valence electrons. The van der Waals surface area contributed by atoms with Crippen molar-refractivity contribution in [2.75, 3.05) is 52.4 Å². The molecule has 0 aromatic rings. The van der Waals surface area contributed by atoms with Gasteiger partial charge in [0, 0.05) is 39.3 Å². The Kier molecular flexibility index (Phi) is 42.8. The van der Waals surface area contributed by atoms with Crippen LogP contribution < -0.4 is 5.32 Å². The smallest absolute Gasteiger partial charge is 0.0110 e. The van der Waals surface area contributed by atoms with Crippen LogP contribution in [0.4, 0.5) is 0 Å². The molecule has 1 aliphatic heterocycles. The summed E-state index contributed by atoms with van der Waals surface area (Å²) in [6.45, 7) is 14.7. The standard InChI is InChI=1S/C50H103N3/c1-3-5-7-9-11-13-15-17-19-21-23-25-27-29-31-33-35-37-39-41-43-51-44-46-53-49-47-52(48-50-53)45-42-40-38-36-34-32-30-28-26-24-22-20-18-16-14-12-10-8-6-4-2/h51H,3-50H2,1-2H3. The van der Waals surface area contributed by atoms with Gasteiger partial charge in [-0.15, -0.1) is 0 Å². The fourth-order valence-electron chi connectivity index (χ4n) is 8.69. The number of hydrogen-bond donors (Lipinski definition) is 1. The summed E-state index contributed by atoms with van der Waals surface area (Å²) in [6, 6.07) is 0. The predicted molar refractivity (Wildman–Crippen MR) is 242 cm³/mol. The van der Waals surface area contributed by atoms with E-state index >= 15 is 0 Å². The highest BCUT2D eigenvalue weighted by Gasteiger charge is 2.15. The van der Waals surface area contributed by atoms with Gasteiger partial charge in [-0.2, -0.15) is 0 Å². The fraction of sp³-hybridized carbons (Fsp3) is 1.00. The normalized spacial score (nSPS) is 14.2. The van der Waals surface area contributed by atoms with Gasteiger partial charge in [-0.05, 0) is 25.9 Å². The highest BCUT2D eigenvalue weighted by molar-refractivity contribution is 4.72. The van der Waals surface area contributed by atoms with Crippen LogP contribution in [0.1, 0.15) is 271 Å². The summed E-state index contributed by atoms with van der Waals surface area (Å²) in [4.78, 5) is 5.43. The highest BCUT2D eigenvalue weighted by Crippen LogP contribution is 2.17. The van der Waals surface area contributed by atoms with Crippen molar-refractivity contribution >= 4 is 0 Å². The molecule has 3 heteroatoms. The van der Waals surface area contributed by atoms with Crippen molar-refractivity contribution < 1.29 is 0 Å². The van der Waals surface area contributed by atoms with E-state index in [0.717, 1.165) is 0 Å². The van der Waals surface area contributed by atoms with Crippen LogP contribution in [-0.4, -0.2) is 62.2 Å². The van der Waals surface area contributed by atoms with Gasteiger partial charge in [0.25, 0.3) is 0 Å². The molecular weight excluding hydrogens is 643 g/mol. The van der Waals surface area contributed by atoms with Crippen LogP contribution in [0.25, 0.3) is 0 Å². The lowest BCUT2D eigenvalue weighted by Gasteiger charge is -2.34. The molecule has 0 aliphatic carbocycles. The first-order chi connectivity index (χ1) is 26.4. The molecular formula is C50H103N3. The van der Waals surface area contributed by atoms with Crippen molar-refractivity contribution in [3.05, 3.63) is 0 Å². The Morgan fingerprint density at radius 3 is 0.755 bits per heavy atom. The summed E-state index contributed by atoms with van der Waals surface area (Å²) >= 11 is 0. The first kappa shape index (κ1) is 50.9. The molecule has 0 saturated carbocycles. The minimum absolute atomic E-state index is 1.18. The topological polar surface area (TPSA) is 18.5 Å². The van der Waals surface area contributed by atoms with Crippen LogP contribution in [0, 0.1) is 0 Å². The van der Waals surface area contributed by atoms with Crippen LogP contribution >= 0.6 is 0 Å². The Balaban J connectivity index is 1.69. The molecule has 0 atom stereocenters. The molecule has 3 nitrogen and oxygen atoms in total. The second-order valence-corrected chi connectivity index (χ2v) is 17.9. The second-order valence-electron chi connectivity index (χ2n) is 17.9. The first-order valence-electron chi connectivity index (χ1n) is 25.5. The molecule has 1 saturated heterocycles. The largest absolute Gasteiger partial charge is 0.315 e. The van der Waals surface area contributed by atoms with Crippen LogP contribution in [-0.2, 0) is 0 Å². The molecule has 1 fully saturated rings. The molecule has 0 spiro atoms. The molecule has 0 unspecified atom stereocenters. The van der Waals surface area contributed by atoms with Crippen LogP contribution in [0.15, 0.2) is 0 Å². The molecule has 0 amide bonds.